The first-order chi connectivity index (χ1) is 24.7. The van der Waals surface area contributed by atoms with Crippen LogP contribution in [0.3, 0.4) is 0 Å². The molecule has 0 fully saturated rings. The van der Waals surface area contributed by atoms with Gasteiger partial charge >= 0.3 is 5.97 Å². The molecule has 5 rings (SSSR count). The van der Waals surface area contributed by atoms with Crippen LogP contribution >= 0.6 is 11.8 Å². The quantitative estimate of drug-likeness (QED) is 0.0451. The number of aromatic hydroxyl groups is 1. The van der Waals surface area contributed by atoms with Crippen LogP contribution in [0.25, 0.3) is 6.08 Å². The molecule has 5 aromatic rings. The van der Waals surface area contributed by atoms with E-state index in [2.05, 4.69) is 16.0 Å². The van der Waals surface area contributed by atoms with Gasteiger partial charge in [-0.3, -0.25) is 14.4 Å². The van der Waals surface area contributed by atoms with Crippen molar-refractivity contribution in [3.63, 3.8) is 0 Å². The molecule has 0 saturated heterocycles. The van der Waals surface area contributed by atoms with Gasteiger partial charge in [0.25, 0.3) is 11.8 Å². The summed E-state index contributed by atoms with van der Waals surface area (Å²) in [4.78, 5) is 52.0. The van der Waals surface area contributed by atoms with Gasteiger partial charge in [-0.05, 0) is 84.3 Å². The summed E-state index contributed by atoms with van der Waals surface area (Å²) in [6, 6.07) is 36.3. The maximum absolute atomic E-state index is 13.7. The number of carbonyl (C=O) groups excluding carboxylic acids is 3. The molecule has 0 aliphatic heterocycles. The van der Waals surface area contributed by atoms with Gasteiger partial charge in [-0.2, -0.15) is 0 Å². The number of phenols is 1. The highest BCUT2D eigenvalue weighted by atomic mass is 32.2. The van der Waals surface area contributed by atoms with Crippen LogP contribution in [0.1, 0.15) is 45.2 Å². The summed E-state index contributed by atoms with van der Waals surface area (Å²) in [7, 11) is 0. The van der Waals surface area contributed by atoms with Crippen LogP contribution in [-0.4, -0.2) is 39.2 Å². The van der Waals surface area contributed by atoms with Crippen LogP contribution < -0.4 is 20.7 Å². The predicted molar refractivity (Wildman–Crippen MR) is 198 cm³/mol. The highest BCUT2D eigenvalue weighted by Gasteiger charge is 2.20. The maximum Gasteiger partial charge on any atom is 0.339 e. The number of hydrogen-bond donors (Lipinski definition) is 5. The van der Waals surface area contributed by atoms with Crippen molar-refractivity contribution in [2.45, 2.75) is 30.1 Å². The summed E-state index contributed by atoms with van der Waals surface area (Å²) < 4.78 is 5.88. The zero-order valence-corrected chi connectivity index (χ0v) is 28.4. The SMILES string of the molecule is CCC(Sc1cccc(NC(=O)/C(=C\c2ccc(OCc3ccccc3)cc2)NC(=O)c2ccccc2)c1)C(=O)Nc1ccc(O)c(C(=O)O)c1. The Morgan fingerprint density at radius 1 is 0.784 bits per heavy atom. The van der Waals surface area contributed by atoms with Crippen molar-refractivity contribution in [3.8, 4) is 11.5 Å². The fourth-order valence-corrected chi connectivity index (χ4v) is 5.86. The second-order valence-corrected chi connectivity index (χ2v) is 12.5. The third-order valence-electron chi connectivity index (χ3n) is 7.50. The summed E-state index contributed by atoms with van der Waals surface area (Å²) in [6.45, 7) is 2.25. The molecule has 258 valence electrons. The summed E-state index contributed by atoms with van der Waals surface area (Å²) in [6.07, 6.45) is 2.03. The Bertz CT molecular complexity index is 2040. The molecule has 5 N–H and O–H groups in total. The first-order valence-electron chi connectivity index (χ1n) is 16.0. The molecule has 3 amide bonds. The lowest BCUT2D eigenvalue weighted by Gasteiger charge is -2.16. The minimum atomic E-state index is -1.32. The number of benzene rings is 5. The van der Waals surface area contributed by atoms with E-state index in [-0.39, 0.29) is 22.9 Å². The van der Waals surface area contributed by atoms with E-state index in [9.17, 15) is 29.4 Å². The number of aromatic carboxylic acids is 1. The first kappa shape index (κ1) is 36.0. The Hall–Kier alpha value is -6.33. The zero-order valence-electron chi connectivity index (χ0n) is 27.5. The van der Waals surface area contributed by atoms with Crippen molar-refractivity contribution in [1.29, 1.82) is 0 Å². The van der Waals surface area contributed by atoms with E-state index < -0.39 is 28.8 Å². The number of carboxylic acids is 1. The highest BCUT2D eigenvalue weighted by molar-refractivity contribution is 8.00. The summed E-state index contributed by atoms with van der Waals surface area (Å²) in [5.74, 6) is -2.44. The van der Waals surface area contributed by atoms with Crippen LogP contribution in [-0.2, 0) is 16.2 Å². The lowest BCUT2D eigenvalue weighted by molar-refractivity contribution is -0.116. The Morgan fingerprint density at radius 2 is 1.47 bits per heavy atom. The third-order valence-corrected chi connectivity index (χ3v) is 8.85. The van der Waals surface area contributed by atoms with E-state index in [4.69, 9.17) is 4.74 Å². The standard InChI is InChI=1S/C40H35N3O7S/c1-2-36(39(47)42-30-18-21-35(44)33(24-30)40(48)49)51-32-15-9-14-29(23-32)41-38(46)34(43-37(45)28-12-7-4-8-13-28)22-26-16-19-31(20-17-26)50-25-27-10-5-3-6-11-27/h3-24,36,44H,2,25H2,1H3,(H,41,46)(H,42,47)(H,43,45)(H,48,49)/b34-22+. The smallest absolute Gasteiger partial charge is 0.339 e. The summed E-state index contributed by atoms with van der Waals surface area (Å²) >= 11 is 1.27. The molecule has 1 unspecified atom stereocenters. The molecule has 51 heavy (non-hydrogen) atoms. The molecule has 0 bridgehead atoms. The molecule has 1 atom stereocenters. The Morgan fingerprint density at radius 3 is 2.16 bits per heavy atom. The fraction of sp³-hybridized carbons (Fsp3) is 0.100. The average Bonchev–Trinajstić information content (AvgIpc) is 3.14. The van der Waals surface area contributed by atoms with E-state index in [0.29, 0.717) is 40.5 Å². The van der Waals surface area contributed by atoms with Crippen molar-refractivity contribution in [3.05, 3.63) is 155 Å². The second-order valence-electron chi connectivity index (χ2n) is 11.2. The molecule has 10 nitrogen and oxygen atoms in total. The van der Waals surface area contributed by atoms with Crippen LogP contribution in [0, 0.1) is 0 Å². The third kappa shape index (κ3) is 10.3. The van der Waals surface area contributed by atoms with E-state index in [1.54, 1.807) is 84.9 Å². The second kappa shape index (κ2) is 17.4. The Labute approximate surface area is 299 Å². The normalized spacial score (nSPS) is 11.6. The summed E-state index contributed by atoms with van der Waals surface area (Å²) in [5, 5.41) is 26.8. The number of hydrogen-bond acceptors (Lipinski definition) is 7. The molecular weight excluding hydrogens is 667 g/mol. The van der Waals surface area contributed by atoms with Gasteiger partial charge in [-0.15, -0.1) is 11.8 Å². The molecule has 0 aliphatic carbocycles. The maximum atomic E-state index is 13.7. The molecule has 0 saturated carbocycles. The number of rotatable bonds is 14. The highest BCUT2D eigenvalue weighted by Crippen LogP contribution is 2.30. The minimum Gasteiger partial charge on any atom is -0.507 e. The molecule has 0 radical (unpaired) electrons. The largest absolute Gasteiger partial charge is 0.507 e. The minimum absolute atomic E-state index is 0.0142. The molecule has 11 heteroatoms. The van der Waals surface area contributed by atoms with Crippen molar-refractivity contribution in [2.75, 3.05) is 10.6 Å². The van der Waals surface area contributed by atoms with Gasteiger partial charge in [0.2, 0.25) is 5.91 Å². The summed E-state index contributed by atoms with van der Waals surface area (Å²) in [5.41, 5.74) is 2.44. The molecular formula is C40H35N3O7S. The van der Waals surface area contributed by atoms with Gasteiger partial charge in [0.1, 0.15) is 29.4 Å². The van der Waals surface area contributed by atoms with Gasteiger partial charge in [0.15, 0.2) is 0 Å². The first-order valence-corrected chi connectivity index (χ1v) is 16.9. The number of anilines is 2. The van der Waals surface area contributed by atoms with Crippen LogP contribution in [0.2, 0.25) is 0 Å². The number of ether oxygens (including phenoxy) is 1. The lowest BCUT2D eigenvalue weighted by atomic mass is 10.1. The van der Waals surface area contributed by atoms with E-state index in [1.165, 1.54) is 30.0 Å². The zero-order chi connectivity index (χ0) is 36.2. The van der Waals surface area contributed by atoms with Crippen molar-refractivity contribution < 1.29 is 34.1 Å². The molecule has 0 aliphatic rings. The average molecular weight is 702 g/mol. The van der Waals surface area contributed by atoms with Gasteiger partial charge in [-0.25, -0.2) is 4.79 Å². The lowest BCUT2D eigenvalue weighted by Crippen LogP contribution is -2.30. The molecule has 0 heterocycles. The predicted octanol–water partition coefficient (Wildman–Crippen LogP) is 7.59. The van der Waals surface area contributed by atoms with Gasteiger partial charge in [0.05, 0.1) is 5.25 Å². The topological polar surface area (TPSA) is 154 Å². The van der Waals surface area contributed by atoms with Crippen molar-refractivity contribution in [2.24, 2.45) is 0 Å². The number of carboxylic acid groups (broad SMARTS) is 1. The van der Waals surface area contributed by atoms with Gasteiger partial charge in [-0.1, -0.05) is 73.7 Å². The van der Waals surface area contributed by atoms with Gasteiger partial charge in [0, 0.05) is 21.8 Å². The Kier molecular flexibility index (Phi) is 12.2. The van der Waals surface area contributed by atoms with Gasteiger partial charge < -0.3 is 30.9 Å². The van der Waals surface area contributed by atoms with Crippen molar-refractivity contribution in [1.82, 2.24) is 5.32 Å². The van der Waals surface area contributed by atoms with E-state index in [1.807, 2.05) is 37.3 Å². The van der Waals surface area contributed by atoms with Crippen LogP contribution in [0.15, 0.2) is 138 Å². The number of nitrogens with one attached hydrogen (secondary N) is 3. The van der Waals surface area contributed by atoms with Crippen molar-refractivity contribution >= 4 is 52.9 Å². The monoisotopic (exact) mass is 701 g/mol. The number of thioether (sulfide) groups is 1. The van der Waals surface area contributed by atoms with E-state index >= 15 is 0 Å². The number of carbonyl (C=O) groups is 4. The Balaban J connectivity index is 1.29. The molecule has 5 aromatic carbocycles. The van der Waals surface area contributed by atoms with Crippen LogP contribution in [0.4, 0.5) is 11.4 Å². The van der Waals surface area contributed by atoms with Crippen LogP contribution in [0.5, 0.6) is 11.5 Å². The molecule has 0 spiro atoms. The van der Waals surface area contributed by atoms with E-state index in [0.717, 1.165) is 5.56 Å². The fourth-order valence-electron chi connectivity index (χ4n) is 4.85. The molecule has 0 aromatic heterocycles. The number of amides is 3.